The largest absolute Gasteiger partial charge is 0.449 e. The van der Waals surface area contributed by atoms with E-state index in [0.717, 1.165) is 18.9 Å². The van der Waals surface area contributed by atoms with Crippen molar-refractivity contribution in [2.45, 2.75) is 31.9 Å². The van der Waals surface area contributed by atoms with Crippen molar-refractivity contribution in [3.8, 4) is 0 Å². The Bertz CT molecular complexity index is 517. The van der Waals surface area contributed by atoms with Gasteiger partial charge in [0.25, 0.3) is 5.91 Å². The van der Waals surface area contributed by atoms with Gasteiger partial charge in [-0.05, 0) is 38.0 Å². The smallest absolute Gasteiger partial charge is 0.341 e. The molecule has 2 rings (SSSR count). The minimum absolute atomic E-state index is 0.181. The second kappa shape index (κ2) is 5.57. The fourth-order valence-corrected chi connectivity index (χ4v) is 1.64. The molecule has 102 valence electrons. The molecule has 1 N–H and O–H groups in total. The van der Waals surface area contributed by atoms with Gasteiger partial charge in [-0.15, -0.1) is 0 Å². The third-order valence-electron chi connectivity index (χ3n) is 2.73. The van der Waals surface area contributed by atoms with E-state index >= 15 is 0 Å². The van der Waals surface area contributed by atoms with Gasteiger partial charge in [0.15, 0.2) is 6.10 Å². The zero-order valence-corrected chi connectivity index (χ0v) is 11.0. The molecule has 1 aromatic rings. The van der Waals surface area contributed by atoms with Gasteiger partial charge in [0.05, 0.1) is 5.56 Å². The molecule has 0 radical (unpaired) electrons. The molecule has 1 saturated carbocycles. The number of carbonyl (C=O) groups is 2. The van der Waals surface area contributed by atoms with Crippen LogP contribution in [0.2, 0.25) is 5.02 Å². The van der Waals surface area contributed by atoms with E-state index in [1.165, 1.54) is 19.1 Å². The number of halogens is 2. The molecule has 19 heavy (non-hydrogen) atoms. The molecule has 0 bridgehead atoms. The van der Waals surface area contributed by atoms with Crippen molar-refractivity contribution >= 4 is 23.5 Å². The molecule has 1 fully saturated rings. The average Bonchev–Trinajstić information content (AvgIpc) is 3.12. The zero-order valence-electron chi connectivity index (χ0n) is 10.3. The fraction of sp³-hybridized carbons (Fsp3) is 0.385. The normalized spacial score (nSPS) is 15.7. The molecule has 1 aliphatic rings. The van der Waals surface area contributed by atoms with Crippen LogP contribution in [0.5, 0.6) is 0 Å². The lowest BCUT2D eigenvalue weighted by molar-refractivity contribution is -0.129. The molecule has 0 aromatic heterocycles. The summed E-state index contributed by atoms with van der Waals surface area (Å²) >= 11 is 5.59. The zero-order chi connectivity index (χ0) is 14.0. The van der Waals surface area contributed by atoms with E-state index in [0.29, 0.717) is 0 Å². The summed E-state index contributed by atoms with van der Waals surface area (Å²) in [5.41, 5.74) is -0.240. The molecule has 1 aliphatic carbocycles. The van der Waals surface area contributed by atoms with E-state index in [-0.39, 0.29) is 22.5 Å². The summed E-state index contributed by atoms with van der Waals surface area (Å²) in [4.78, 5) is 23.3. The SMILES string of the molecule is C[C@H](OC(=O)c1ccc(Cl)cc1F)C(=O)NC1CC1. The predicted octanol–water partition coefficient (Wildman–Crippen LogP) is 2.30. The first-order valence-corrected chi connectivity index (χ1v) is 6.31. The summed E-state index contributed by atoms with van der Waals surface area (Å²) in [6.45, 7) is 1.45. The number of ether oxygens (including phenoxy) is 1. The molecule has 0 aliphatic heterocycles. The van der Waals surface area contributed by atoms with Crippen molar-refractivity contribution in [2.24, 2.45) is 0 Å². The van der Waals surface area contributed by atoms with Gasteiger partial charge in [-0.25, -0.2) is 9.18 Å². The Hall–Kier alpha value is -1.62. The van der Waals surface area contributed by atoms with Gasteiger partial charge < -0.3 is 10.1 Å². The highest BCUT2D eigenvalue weighted by atomic mass is 35.5. The summed E-state index contributed by atoms with van der Waals surface area (Å²) in [5.74, 6) is -2.02. The van der Waals surface area contributed by atoms with Crippen molar-refractivity contribution in [1.29, 1.82) is 0 Å². The molecule has 0 heterocycles. The number of benzene rings is 1. The second-order valence-corrected chi connectivity index (χ2v) is 4.89. The molecule has 1 atom stereocenters. The van der Waals surface area contributed by atoms with Crippen molar-refractivity contribution in [3.05, 3.63) is 34.6 Å². The Morgan fingerprint density at radius 2 is 2.16 bits per heavy atom. The molecular weight excluding hydrogens is 273 g/mol. The highest BCUT2D eigenvalue weighted by Crippen LogP contribution is 2.19. The molecular formula is C13H13ClFNO3. The number of hydrogen-bond donors (Lipinski definition) is 1. The molecule has 1 amide bonds. The number of esters is 1. The summed E-state index contributed by atoms with van der Waals surface area (Å²) in [6, 6.07) is 3.82. The predicted molar refractivity (Wildman–Crippen MR) is 67.5 cm³/mol. The van der Waals surface area contributed by atoms with Gasteiger partial charge in [-0.1, -0.05) is 11.6 Å². The van der Waals surface area contributed by atoms with Crippen LogP contribution in [-0.4, -0.2) is 24.0 Å². The van der Waals surface area contributed by atoms with Crippen LogP contribution in [0, 0.1) is 5.82 Å². The first-order chi connectivity index (χ1) is 8.97. The van der Waals surface area contributed by atoms with Crippen molar-refractivity contribution in [2.75, 3.05) is 0 Å². The first kappa shape index (κ1) is 13.8. The maximum absolute atomic E-state index is 13.5. The first-order valence-electron chi connectivity index (χ1n) is 5.94. The lowest BCUT2D eigenvalue weighted by atomic mass is 10.2. The van der Waals surface area contributed by atoms with Crippen LogP contribution in [0.1, 0.15) is 30.1 Å². The van der Waals surface area contributed by atoms with Gasteiger partial charge in [-0.3, -0.25) is 4.79 Å². The molecule has 4 nitrogen and oxygen atoms in total. The van der Waals surface area contributed by atoms with Crippen LogP contribution >= 0.6 is 11.6 Å². The number of nitrogens with one attached hydrogen (secondary N) is 1. The number of carbonyl (C=O) groups excluding carboxylic acids is 2. The van der Waals surface area contributed by atoms with E-state index in [1.54, 1.807) is 0 Å². The van der Waals surface area contributed by atoms with E-state index < -0.39 is 17.9 Å². The number of hydrogen-bond acceptors (Lipinski definition) is 3. The maximum Gasteiger partial charge on any atom is 0.341 e. The highest BCUT2D eigenvalue weighted by Gasteiger charge is 2.27. The molecule has 1 aromatic carbocycles. The molecule has 0 unspecified atom stereocenters. The van der Waals surface area contributed by atoms with Crippen LogP contribution in [0.3, 0.4) is 0 Å². The summed E-state index contributed by atoms with van der Waals surface area (Å²) in [5, 5.41) is 2.89. The average molecular weight is 286 g/mol. The summed E-state index contributed by atoms with van der Waals surface area (Å²) < 4.78 is 18.4. The van der Waals surface area contributed by atoms with Gasteiger partial charge in [0, 0.05) is 11.1 Å². The van der Waals surface area contributed by atoms with Crippen LogP contribution in [0.4, 0.5) is 4.39 Å². The monoisotopic (exact) mass is 285 g/mol. The van der Waals surface area contributed by atoms with Crippen molar-refractivity contribution in [1.82, 2.24) is 5.32 Å². The Kier molecular flexibility index (Phi) is 4.04. The Balaban J connectivity index is 1.97. The van der Waals surface area contributed by atoms with E-state index in [4.69, 9.17) is 16.3 Å². The standard InChI is InChI=1S/C13H13ClFNO3/c1-7(12(17)16-9-3-4-9)19-13(18)10-5-2-8(14)6-11(10)15/h2,5-7,9H,3-4H2,1H3,(H,16,17)/t7-/m0/s1. The Morgan fingerprint density at radius 1 is 1.47 bits per heavy atom. The van der Waals surface area contributed by atoms with Crippen LogP contribution < -0.4 is 5.32 Å². The lowest BCUT2D eigenvalue weighted by Gasteiger charge is -2.13. The topological polar surface area (TPSA) is 55.4 Å². The van der Waals surface area contributed by atoms with E-state index in [2.05, 4.69) is 5.32 Å². The number of rotatable bonds is 4. The maximum atomic E-state index is 13.5. The van der Waals surface area contributed by atoms with Gasteiger partial charge in [-0.2, -0.15) is 0 Å². The van der Waals surface area contributed by atoms with Crippen LogP contribution in [-0.2, 0) is 9.53 Å². The van der Waals surface area contributed by atoms with E-state index in [9.17, 15) is 14.0 Å². The minimum Gasteiger partial charge on any atom is -0.449 e. The molecule has 0 saturated heterocycles. The summed E-state index contributed by atoms with van der Waals surface area (Å²) in [7, 11) is 0. The summed E-state index contributed by atoms with van der Waals surface area (Å²) in [6.07, 6.45) is 0.930. The van der Waals surface area contributed by atoms with Crippen molar-refractivity contribution < 1.29 is 18.7 Å². The quantitative estimate of drug-likeness (QED) is 0.864. The van der Waals surface area contributed by atoms with Crippen LogP contribution in [0.15, 0.2) is 18.2 Å². The Labute approximate surface area is 114 Å². The number of amides is 1. The Morgan fingerprint density at radius 3 is 2.74 bits per heavy atom. The van der Waals surface area contributed by atoms with Gasteiger partial charge in [0.1, 0.15) is 5.82 Å². The van der Waals surface area contributed by atoms with Crippen molar-refractivity contribution in [3.63, 3.8) is 0 Å². The van der Waals surface area contributed by atoms with Crippen LogP contribution in [0.25, 0.3) is 0 Å². The second-order valence-electron chi connectivity index (χ2n) is 4.45. The van der Waals surface area contributed by atoms with E-state index in [1.807, 2.05) is 0 Å². The van der Waals surface area contributed by atoms with Gasteiger partial charge >= 0.3 is 5.97 Å². The third kappa shape index (κ3) is 3.67. The third-order valence-corrected chi connectivity index (χ3v) is 2.96. The lowest BCUT2D eigenvalue weighted by Crippen LogP contribution is -2.37. The minimum atomic E-state index is -0.955. The van der Waals surface area contributed by atoms with Gasteiger partial charge in [0.2, 0.25) is 0 Å². The highest BCUT2D eigenvalue weighted by molar-refractivity contribution is 6.30. The molecule has 0 spiro atoms. The fourth-order valence-electron chi connectivity index (χ4n) is 1.48. The molecule has 6 heteroatoms.